The van der Waals surface area contributed by atoms with Crippen molar-refractivity contribution in [3.8, 4) is 5.88 Å². The molecule has 1 aromatic carbocycles. The number of likely N-dealkylation sites (tertiary alicyclic amines) is 1. The molecule has 3 heterocycles. The van der Waals surface area contributed by atoms with Crippen LogP contribution in [-0.2, 0) is 11.3 Å². The largest absolute Gasteiger partial charge is 0.480 e. The number of hydrogen-bond donors (Lipinski definition) is 0. The van der Waals surface area contributed by atoms with E-state index in [2.05, 4.69) is 27.2 Å². The molecule has 0 radical (unpaired) electrons. The third-order valence-electron chi connectivity index (χ3n) is 5.83. The lowest BCUT2D eigenvalue weighted by Gasteiger charge is -2.42. The minimum Gasteiger partial charge on any atom is -0.480 e. The number of hydrogen-bond acceptors (Lipinski definition) is 6. The van der Waals surface area contributed by atoms with E-state index in [1.54, 1.807) is 17.0 Å². The molecule has 0 N–H and O–H groups in total. The molecule has 2 amide bonds. The van der Waals surface area contributed by atoms with Gasteiger partial charge in [-0.15, -0.1) is 10.2 Å². The first-order valence-electron chi connectivity index (χ1n) is 10.4. The summed E-state index contributed by atoms with van der Waals surface area (Å²) in [4.78, 5) is 31.8. The van der Waals surface area contributed by atoms with Gasteiger partial charge >= 0.3 is 0 Å². The minimum atomic E-state index is -0.134. The summed E-state index contributed by atoms with van der Waals surface area (Å²) in [5.74, 6) is 0.448. The van der Waals surface area contributed by atoms with Crippen LogP contribution in [0, 0.1) is 0 Å². The number of nitrogens with zero attached hydrogens (tertiary/aromatic N) is 5. The molecule has 1 atom stereocenters. The van der Waals surface area contributed by atoms with E-state index in [0.717, 1.165) is 24.9 Å². The van der Waals surface area contributed by atoms with Crippen LogP contribution in [0.4, 0.5) is 0 Å². The summed E-state index contributed by atoms with van der Waals surface area (Å²) in [5, 5.41) is 7.83. The normalized spacial score (nSPS) is 20.3. The van der Waals surface area contributed by atoms with E-state index in [1.807, 2.05) is 23.1 Å². The third-order valence-corrected chi connectivity index (χ3v) is 5.83. The van der Waals surface area contributed by atoms with Crippen molar-refractivity contribution in [1.82, 2.24) is 24.9 Å². The molecule has 8 nitrogen and oxygen atoms in total. The van der Waals surface area contributed by atoms with Crippen LogP contribution in [0.3, 0.4) is 0 Å². The zero-order chi connectivity index (χ0) is 20.9. The fourth-order valence-corrected chi connectivity index (χ4v) is 4.16. The Balaban J connectivity index is 1.33. The van der Waals surface area contributed by atoms with Gasteiger partial charge in [0.1, 0.15) is 0 Å². The molecule has 8 heteroatoms. The second-order valence-electron chi connectivity index (χ2n) is 7.69. The Labute approximate surface area is 176 Å². The number of rotatable bonds is 5. The number of benzene rings is 1. The number of carbonyl (C=O) groups is 2. The minimum absolute atomic E-state index is 0.0968. The predicted molar refractivity (Wildman–Crippen MR) is 111 cm³/mol. The van der Waals surface area contributed by atoms with Gasteiger partial charge in [0.15, 0.2) is 5.69 Å². The van der Waals surface area contributed by atoms with E-state index in [0.29, 0.717) is 44.3 Å². The highest BCUT2D eigenvalue weighted by molar-refractivity contribution is 5.92. The topological polar surface area (TPSA) is 78.9 Å². The number of carbonyl (C=O) groups excluding carboxylic acids is 2. The third kappa shape index (κ3) is 4.43. The lowest BCUT2D eigenvalue weighted by molar-refractivity contribution is -0.141. The average molecular weight is 409 g/mol. The highest BCUT2D eigenvalue weighted by Crippen LogP contribution is 2.21. The van der Waals surface area contributed by atoms with Crippen molar-refractivity contribution >= 4 is 11.8 Å². The summed E-state index contributed by atoms with van der Waals surface area (Å²) in [5.41, 5.74) is 1.47. The zero-order valence-electron chi connectivity index (χ0n) is 17.2. The summed E-state index contributed by atoms with van der Waals surface area (Å²) in [6.07, 6.45) is 1.88. The van der Waals surface area contributed by atoms with Gasteiger partial charge in [0.05, 0.1) is 13.2 Å². The second-order valence-corrected chi connectivity index (χ2v) is 7.69. The first kappa shape index (κ1) is 20.3. The molecule has 0 aliphatic carbocycles. The molecule has 0 spiro atoms. The van der Waals surface area contributed by atoms with E-state index >= 15 is 0 Å². The molecule has 2 saturated heterocycles. The SMILES string of the molecule is COc1ccc(C(=O)N2CCN([C@@H]3CCCN(Cc4ccccc4)C3=O)CC2)nn1. The Hall–Kier alpha value is -3.00. The first-order chi connectivity index (χ1) is 14.7. The maximum atomic E-state index is 13.1. The lowest BCUT2D eigenvalue weighted by Crippen LogP contribution is -2.58. The van der Waals surface area contributed by atoms with Crippen molar-refractivity contribution in [2.24, 2.45) is 0 Å². The monoisotopic (exact) mass is 409 g/mol. The number of piperazine rings is 1. The van der Waals surface area contributed by atoms with Gasteiger partial charge in [-0.3, -0.25) is 14.5 Å². The van der Waals surface area contributed by atoms with Crippen LogP contribution >= 0.6 is 0 Å². The van der Waals surface area contributed by atoms with Crippen molar-refractivity contribution in [3.05, 3.63) is 53.7 Å². The first-order valence-corrected chi connectivity index (χ1v) is 10.4. The molecule has 2 aliphatic rings. The highest BCUT2D eigenvalue weighted by Gasteiger charge is 2.35. The number of ether oxygens (including phenoxy) is 1. The van der Waals surface area contributed by atoms with E-state index in [1.165, 1.54) is 7.11 Å². The zero-order valence-corrected chi connectivity index (χ0v) is 17.2. The molecule has 0 unspecified atom stereocenters. The Bertz CT molecular complexity index is 866. The number of aromatic nitrogens is 2. The summed E-state index contributed by atoms with van der Waals surface area (Å²) in [7, 11) is 1.51. The van der Waals surface area contributed by atoms with Crippen LogP contribution in [0.1, 0.15) is 28.9 Å². The van der Waals surface area contributed by atoms with E-state index in [-0.39, 0.29) is 17.9 Å². The standard InChI is InChI=1S/C22H27N5O3/c1-30-20-10-9-18(23-24-20)21(28)26-14-12-25(13-15-26)19-8-5-11-27(22(19)29)16-17-6-3-2-4-7-17/h2-4,6-7,9-10,19H,5,8,11-16H2,1H3/t19-/m1/s1. The Morgan fingerprint density at radius 3 is 2.47 bits per heavy atom. The van der Waals surface area contributed by atoms with Crippen LogP contribution in [0.2, 0.25) is 0 Å². The number of amides is 2. The molecule has 2 aromatic rings. The van der Waals surface area contributed by atoms with Gasteiger partial charge in [0.2, 0.25) is 11.8 Å². The van der Waals surface area contributed by atoms with Crippen LogP contribution < -0.4 is 4.74 Å². The Morgan fingerprint density at radius 1 is 1.03 bits per heavy atom. The van der Waals surface area contributed by atoms with Gasteiger partial charge in [-0.2, -0.15) is 0 Å². The molecule has 0 bridgehead atoms. The molecule has 4 rings (SSSR count). The van der Waals surface area contributed by atoms with Crippen molar-refractivity contribution < 1.29 is 14.3 Å². The number of methoxy groups -OCH3 is 1. The molecule has 158 valence electrons. The Morgan fingerprint density at radius 2 is 1.80 bits per heavy atom. The summed E-state index contributed by atoms with van der Waals surface area (Å²) < 4.78 is 4.99. The molecular weight excluding hydrogens is 382 g/mol. The molecular formula is C22H27N5O3. The Kier molecular flexibility index (Phi) is 6.23. The fourth-order valence-electron chi connectivity index (χ4n) is 4.16. The van der Waals surface area contributed by atoms with E-state index in [9.17, 15) is 9.59 Å². The van der Waals surface area contributed by atoms with Crippen molar-refractivity contribution in [3.63, 3.8) is 0 Å². The molecule has 2 aliphatic heterocycles. The lowest BCUT2D eigenvalue weighted by atomic mass is 10.0. The van der Waals surface area contributed by atoms with Crippen LogP contribution in [-0.4, -0.2) is 82.6 Å². The molecule has 0 saturated carbocycles. The van der Waals surface area contributed by atoms with Gasteiger partial charge in [-0.05, 0) is 24.5 Å². The van der Waals surface area contributed by atoms with Gasteiger partial charge in [-0.1, -0.05) is 30.3 Å². The maximum Gasteiger partial charge on any atom is 0.274 e. The van der Waals surface area contributed by atoms with Crippen LogP contribution in [0.15, 0.2) is 42.5 Å². The number of piperidine rings is 1. The molecule has 30 heavy (non-hydrogen) atoms. The van der Waals surface area contributed by atoms with Gasteiger partial charge in [-0.25, -0.2) is 0 Å². The van der Waals surface area contributed by atoms with E-state index < -0.39 is 0 Å². The molecule has 1 aromatic heterocycles. The maximum absolute atomic E-state index is 13.1. The van der Waals surface area contributed by atoms with Gasteiger partial charge in [0, 0.05) is 45.3 Å². The summed E-state index contributed by atoms with van der Waals surface area (Å²) in [6, 6.07) is 13.3. The smallest absolute Gasteiger partial charge is 0.274 e. The van der Waals surface area contributed by atoms with Crippen molar-refractivity contribution in [2.75, 3.05) is 39.8 Å². The van der Waals surface area contributed by atoms with Crippen LogP contribution in [0.5, 0.6) is 5.88 Å². The predicted octanol–water partition coefficient (Wildman–Crippen LogP) is 1.43. The van der Waals surface area contributed by atoms with Gasteiger partial charge in [0.25, 0.3) is 5.91 Å². The van der Waals surface area contributed by atoms with E-state index in [4.69, 9.17) is 4.74 Å². The fraction of sp³-hybridized carbons (Fsp3) is 0.455. The highest BCUT2D eigenvalue weighted by atomic mass is 16.5. The second kappa shape index (κ2) is 9.21. The van der Waals surface area contributed by atoms with Gasteiger partial charge < -0.3 is 14.5 Å². The molecule has 2 fully saturated rings. The van der Waals surface area contributed by atoms with Crippen LogP contribution in [0.25, 0.3) is 0 Å². The average Bonchev–Trinajstić information content (AvgIpc) is 2.81. The quantitative estimate of drug-likeness (QED) is 0.744. The summed E-state index contributed by atoms with van der Waals surface area (Å²) in [6.45, 7) is 3.99. The van der Waals surface area contributed by atoms with Crippen molar-refractivity contribution in [2.45, 2.75) is 25.4 Å². The van der Waals surface area contributed by atoms with Crippen molar-refractivity contribution in [1.29, 1.82) is 0 Å². The summed E-state index contributed by atoms with van der Waals surface area (Å²) >= 11 is 0.